The maximum Gasteiger partial charge on any atom is 0.410 e. The van der Waals surface area contributed by atoms with Crippen LogP contribution in [0.5, 0.6) is 0 Å². The number of carbonyl (C=O) groups excluding carboxylic acids is 1. The van der Waals surface area contributed by atoms with E-state index in [0.717, 1.165) is 4.90 Å². The lowest BCUT2D eigenvalue weighted by atomic mass is 10.2. The molecule has 1 unspecified atom stereocenters. The van der Waals surface area contributed by atoms with E-state index in [0.29, 0.717) is 0 Å². The summed E-state index contributed by atoms with van der Waals surface area (Å²) in [5.74, 6) is -0.997. The van der Waals surface area contributed by atoms with Gasteiger partial charge in [-0.25, -0.2) is 9.59 Å². The fourth-order valence-electron chi connectivity index (χ4n) is 0.832. The number of carbonyl (C=O) groups is 2. The van der Waals surface area contributed by atoms with E-state index in [2.05, 4.69) is 4.74 Å². The van der Waals surface area contributed by atoms with Crippen LogP contribution in [-0.2, 0) is 9.53 Å². The van der Waals surface area contributed by atoms with Gasteiger partial charge in [0.15, 0.2) is 5.54 Å². The number of carboxylic acids is 1. The second-order valence-corrected chi connectivity index (χ2v) is 2.64. The van der Waals surface area contributed by atoms with Gasteiger partial charge in [-0.15, -0.1) is 0 Å². The molecule has 0 bridgehead atoms. The van der Waals surface area contributed by atoms with E-state index in [-0.39, 0.29) is 6.54 Å². The van der Waals surface area contributed by atoms with Crippen molar-refractivity contribution in [2.75, 3.05) is 13.7 Å². The van der Waals surface area contributed by atoms with Crippen LogP contribution in [0.3, 0.4) is 0 Å². The van der Waals surface area contributed by atoms with Crippen molar-refractivity contribution in [3.8, 4) is 0 Å². The maximum absolute atomic E-state index is 10.7. The van der Waals surface area contributed by atoms with Crippen LogP contribution < -0.4 is 0 Å². The fraction of sp³-hybridized carbons (Fsp3) is 0.667. The minimum absolute atomic E-state index is 0.231. The zero-order chi connectivity index (χ0) is 8.65. The van der Waals surface area contributed by atoms with Crippen molar-refractivity contribution in [3.05, 3.63) is 0 Å². The molecular weight excluding hydrogens is 150 g/mol. The Labute approximate surface area is 63.5 Å². The third-order valence-corrected chi connectivity index (χ3v) is 1.81. The number of hydrogen-bond acceptors (Lipinski definition) is 3. The Morgan fingerprint density at radius 3 is 2.45 bits per heavy atom. The van der Waals surface area contributed by atoms with Gasteiger partial charge in [-0.1, -0.05) is 0 Å². The first-order valence-electron chi connectivity index (χ1n) is 3.11. The van der Waals surface area contributed by atoms with Gasteiger partial charge in [0.05, 0.1) is 13.7 Å². The van der Waals surface area contributed by atoms with E-state index in [1.54, 1.807) is 0 Å². The summed E-state index contributed by atoms with van der Waals surface area (Å²) in [7, 11) is 1.23. The van der Waals surface area contributed by atoms with Crippen molar-refractivity contribution < 1.29 is 19.4 Å². The van der Waals surface area contributed by atoms with E-state index < -0.39 is 17.6 Å². The Balaban J connectivity index is 2.60. The van der Waals surface area contributed by atoms with E-state index in [1.165, 1.54) is 14.0 Å². The summed E-state index contributed by atoms with van der Waals surface area (Å²) in [6.45, 7) is 1.71. The van der Waals surface area contributed by atoms with E-state index in [4.69, 9.17) is 5.11 Å². The minimum Gasteiger partial charge on any atom is -0.479 e. The molecule has 0 saturated carbocycles. The highest BCUT2D eigenvalue weighted by molar-refractivity contribution is 5.89. The van der Waals surface area contributed by atoms with Crippen LogP contribution >= 0.6 is 0 Å². The molecule has 5 heteroatoms. The standard InChI is InChI=1S/C6H9NO4/c1-6(4(8)9)3-7(6)5(10)11-2/h3H2,1-2H3,(H,8,9). The molecule has 62 valence electrons. The molecule has 0 aliphatic carbocycles. The molecule has 1 atom stereocenters. The maximum atomic E-state index is 10.7. The van der Waals surface area contributed by atoms with Crippen LogP contribution in [-0.4, -0.2) is 41.3 Å². The van der Waals surface area contributed by atoms with Gasteiger partial charge >= 0.3 is 12.1 Å². The fourth-order valence-corrected chi connectivity index (χ4v) is 0.832. The van der Waals surface area contributed by atoms with Crippen molar-refractivity contribution in [1.82, 2.24) is 4.90 Å². The first kappa shape index (κ1) is 7.84. The van der Waals surface area contributed by atoms with Crippen LogP contribution in [0, 0.1) is 0 Å². The Bertz CT molecular complexity index is 215. The lowest BCUT2D eigenvalue weighted by Gasteiger charge is -2.04. The summed E-state index contributed by atoms with van der Waals surface area (Å²) in [4.78, 5) is 22.3. The number of ether oxygens (including phenoxy) is 1. The molecule has 11 heavy (non-hydrogen) atoms. The second-order valence-electron chi connectivity index (χ2n) is 2.64. The Kier molecular flexibility index (Phi) is 1.51. The van der Waals surface area contributed by atoms with Crippen LogP contribution in [0.25, 0.3) is 0 Å². The van der Waals surface area contributed by atoms with Gasteiger partial charge in [0.2, 0.25) is 0 Å². The van der Waals surface area contributed by atoms with Crippen LogP contribution in [0.1, 0.15) is 6.92 Å². The summed E-state index contributed by atoms with van der Waals surface area (Å²) < 4.78 is 4.34. The molecule has 1 aliphatic rings. The number of nitrogens with zero attached hydrogens (tertiary/aromatic N) is 1. The zero-order valence-electron chi connectivity index (χ0n) is 6.33. The highest BCUT2D eigenvalue weighted by Gasteiger charge is 2.58. The monoisotopic (exact) mass is 159 g/mol. The van der Waals surface area contributed by atoms with Crippen molar-refractivity contribution in [2.45, 2.75) is 12.5 Å². The van der Waals surface area contributed by atoms with Crippen molar-refractivity contribution in [1.29, 1.82) is 0 Å². The topological polar surface area (TPSA) is 66.6 Å². The average Bonchev–Trinajstić information content (AvgIpc) is 2.63. The third-order valence-electron chi connectivity index (χ3n) is 1.81. The molecule has 0 radical (unpaired) electrons. The number of hydrogen-bond donors (Lipinski definition) is 1. The lowest BCUT2D eigenvalue weighted by Crippen LogP contribution is -2.28. The largest absolute Gasteiger partial charge is 0.479 e. The van der Waals surface area contributed by atoms with Gasteiger partial charge in [0, 0.05) is 0 Å². The molecule has 1 amide bonds. The highest BCUT2D eigenvalue weighted by Crippen LogP contribution is 2.32. The molecular formula is C6H9NO4. The second kappa shape index (κ2) is 2.11. The number of rotatable bonds is 1. The molecule has 0 aromatic carbocycles. The summed E-state index contributed by atoms with van der Waals surface area (Å²) in [6, 6.07) is 0. The van der Waals surface area contributed by atoms with E-state index in [1.807, 2.05) is 0 Å². The molecule has 1 rings (SSSR count). The minimum atomic E-state index is -1.03. The smallest absolute Gasteiger partial charge is 0.410 e. The molecule has 0 spiro atoms. The molecule has 5 nitrogen and oxygen atoms in total. The van der Waals surface area contributed by atoms with Crippen LogP contribution in [0.2, 0.25) is 0 Å². The molecule has 1 saturated heterocycles. The number of aliphatic carboxylic acids is 1. The number of methoxy groups -OCH3 is 1. The summed E-state index contributed by atoms with van der Waals surface area (Å²) in [6.07, 6.45) is -0.588. The molecule has 0 aromatic rings. The summed E-state index contributed by atoms with van der Waals surface area (Å²) >= 11 is 0. The van der Waals surface area contributed by atoms with Crippen molar-refractivity contribution in [3.63, 3.8) is 0 Å². The number of carboxylic acid groups (broad SMARTS) is 1. The zero-order valence-corrected chi connectivity index (χ0v) is 6.33. The molecule has 1 heterocycles. The van der Waals surface area contributed by atoms with Gasteiger partial charge in [-0.2, -0.15) is 0 Å². The molecule has 1 aliphatic heterocycles. The molecule has 1 N–H and O–H groups in total. The SMILES string of the molecule is COC(=O)N1CC1(C)C(=O)O. The van der Waals surface area contributed by atoms with Gasteiger partial charge < -0.3 is 9.84 Å². The quantitative estimate of drug-likeness (QED) is 0.543. The third kappa shape index (κ3) is 1.02. The van der Waals surface area contributed by atoms with Crippen molar-refractivity contribution >= 4 is 12.1 Å². The van der Waals surface area contributed by atoms with Gasteiger partial charge in [-0.3, -0.25) is 4.90 Å². The lowest BCUT2D eigenvalue weighted by molar-refractivity contribution is -0.140. The van der Waals surface area contributed by atoms with Gasteiger partial charge in [0.1, 0.15) is 0 Å². The summed E-state index contributed by atoms with van der Waals surface area (Å²) in [5.41, 5.74) is -1.03. The van der Waals surface area contributed by atoms with E-state index in [9.17, 15) is 9.59 Å². The molecule has 0 aromatic heterocycles. The average molecular weight is 159 g/mol. The van der Waals surface area contributed by atoms with Crippen LogP contribution in [0.4, 0.5) is 4.79 Å². The Morgan fingerprint density at radius 1 is 1.64 bits per heavy atom. The molecule has 1 fully saturated rings. The van der Waals surface area contributed by atoms with Crippen molar-refractivity contribution in [2.24, 2.45) is 0 Å². The van der Waals surface area contributed by atoms with Crippen LogP contribution in [0.15, 0.2) is 0 Å². The predicted molar refractivity (Wildman–Crippen MR) is 35.2 cm³/mol. The Morgan fingerprint density at radius 2 is 2.18 bits per heavy atom. The number of amides is 1. The summed E-state index contributed by atoms with van der Waals surface area (Å²) in [5, 5.41) is 8.58. The first-order valence-corrected chi connectivity index (χ1v) is 3.11. The predicted octanol–water partition coefficient (Wildman–Crippen LogP) is -0.0883. The normalized spacial score (nSPS) is 28.0. The van der Waals surface area contributed by atoms with E-state index >= 15 is 0 Å². The Hall–Kier alpha value is -1.26. The van der Waals surface area contributed by atoms with Gasteiger partial charge in [0.25, 0.3) is 0 Å². The first-order chi connectivity index (χ1) is 5.02. The highest BCUT2D eigenvalue weighted by atomic mass is 16.5. The van der Waals surface area contributed by atoms with Gasteiger partial charge in [-0.05, 0) is 6.92 Å².